The Bertz CT molecular complexity index is 502. The fourth-order valence-corrected chi connectivity index (χ4v) is 1.51. The van der Waals surface area contributed by atoms with Crippen LogP contribution in [0.4, 0.5) is 4.39 Å². The monoisotopic (exact) mass is 266 g/mol. The van der Waals surface area contributed by atoms with Crippen LogP contribution in [0.25, 0.3) is 0 Å². The maximum Gasteiger partial charge on any atom is 0.254 e. The minimum absolute atomic E-state index is 0.102. The fraction of sp³-hybridized carbons (Fsp3) is 0.308. The number of nitrogens with one attached hydrogen (secondary N) is 1. The molecule has 0 aromatic heterocycles. The van der Waals surface area contributed by atoms with Gasteiger partial charge in [0.15, 0.2) is 0 Å². The van der Waals surface area contributed by atoms with Crippen molar-refractivity contribution < 1.29 is 18.8 Å². The molecule has 6 heteroatoms. The number of halogens is 1. The minimum atomic E-state index is -0.990. The predicted octanol–water partition coefficient (Wildman–Crippen LogP) is 0.779. The molecule has 1 aromatic carbocycles. The van der Waals surface area contributed by atoms with Crippen molar-refractivity contribution in [2.45, 2.75) is 25.8 Å². The van der Waals surface area contributed by atoms with Gasteiger partial charge in [-0.1, -0.05) is 12.1 Å². The van der Waals surface area contributed by atoms with Gasteiger partial charge in [-0.3, -0.25) is 9.59 Å². The second-order valence-corrected chi connectivity index (χ2v) is 4.15. The third kappa shape index (κ3) is 4.50. The van der Waals surface area contributed by atoms with Crippen LogP contribution in [0.5, 0.6) is 0 Å². The third-order valence-corrected chi connectivity index (χ3v) is 2.55. The zero-order valence-electron chi connectivity index (χ0n) is 10.5. The lowest BCUT2D eigenvalue weighted by atomic mass is 10.1. The molecule has 1 atom stereocenters. The highest BCUT2D eigenvalue weighted by Crippen LogP contribution is 2.07. The molecule has 2 amide bonds. The number of hydrogen-bond acceptors (Lipinski definition) is 3. The van der Waals surface area contributed by atoms with Gasteiger partial charge >= 0.3 is 0 Å². The molecule has 0 aliphatic carbocycles. The van der Waals surface area contributed by atoms with Crippen LogP contribution < -0.4 is 11.1 Å². The van der Waals surface area contributed by atoms with E-state index in [0.29, 0.717) is 0 Å². The van der Waals surface area contributed by atoms with E-state index in [1.165, 1.54) is 25.1 Å². The van der Waals surface area contributed by atoms with E-state index in [4.69, 9.17) is 5.73 Å². The van der Waals surface area contributed by atoms with Crippen LogP contribution in [0, 0.1) is 5.82 Å². The SMILES string of the molecule is CC(=O)CC[C@@H](NC(=O)c1ccccc1F)C(N)=O. The average molecular weight is 266 g/mol. The van der Waals surface area contributed by atoms with E-state index >= 15 is 0 Å². The highest BCUT2D eigenvalue weighted by molar-refractivity contribution is 5.97. The summed E-state index contributed by atoms with van der Waals surface area (Å²) < 4.78 is 13.4. The number of carbonyl (C=O) groups excluding carboxylic acids is 3. The molecule has 0 unspecified atom stereocenters. The lowest BCUT2D eigenvalue weighted by Crippen LogP contribution is -2.44. The molecule has 0 spiro atoms. The van der Waals surface area contributed by atoms with Gasteiger partial charge in [0.25, 0.3) is 5.91 Å². The summed E-state index contributed by atoms with van der Waals surface area (Å²) in [6, 6.07) is 4.41. The van der Waals surface area contributed by atoms with Crippen molar-refractivity contribution in [2.75, 3.05) is 0 Å². The van der Waals surface area contributed by atoms with E-state index in [9.17, 15) is 18.8 Å². The molecule has 0 aliphatic rings. The summed E-state index contributed by atoms with van der Waals surface area (Å²) in [4.78, 5) is 33.8. The highest BCUT2D eigenvalue weighted by Gasteiger charge is 2.20. The van der Waals surface area contributed by atoms with Gasteiger partial charge in [0.2, 0.25) is 5.91 Å². The molecule has 0 saturated carbocycles. The van der Waals surface area contributed by atoms with E-state index < -0.39 is 23.7 Å². The quantitative estimate of drug-likeness (QED) is 0.797. The van der Waals surface area contributed by atoms with E-state index in [1.54, 1.807) is 0 Å². The van der Waals surface area contributed by atoms with Gasteiger partial charge in [0.1, 0.15) is 17.6 Å². The molecule has 0 fully saturated rings. The highest BCUT2D eigenvalue weighted by atomic mass is 19.1. The largest absolute Gasteiger partial charge is 0.368 e. The number of amides is 2. The van der Waals surface area contributed by atoms with Crippen molar-refractivity contribution in [3.05, 3.63) is 35.6 Å². The maximum absolute atomic E-state index is 13.4. The molecule has 3 N–H and O–H groups in total. The first-order valence-corrected chi connectivity index (χ1v) is 5.76. The van der Waals surface area contributed by atoms with Crippen molar-refractivity contribution >= 4 is 17.6 Å². The number of benzene rings is 1. The molecule has 0 heterocycles. The molecule has 5 nitrogen and oxygen atoms in total. The zero-order valence-corrected chi connectivity index (χ0v) is 10.5. The molecule has 0 radical (unpaired) electrons. The summed E-state index contributed by atoms with van der Waals surface area (Å²) in [5.41, 5.74) is 4.96. The summed E-state index contributed by atoms with van der Waals surface area (Å²) in [6.07, 6.45) is 0.218. The Labute approximate surface area is 110 Å². The summed E-state index contributed by atoms with van der Waals surface area (Å²) in [6.45, 7) is 1.37. The lowest BCUT2D eigenvalue weighted by Gasteiger charge is -2.14. The first kappa shape index (κ1) is 14.8. The Morgan fingerprint density at radius 3 is 2.47 bits per heavy atom. The van der Waals surface area contributed by atoms with Gasteiger partial charge in [-0.15, -0.1) is 0 Å². The predicted molar refractivity (Wildman–Crippen MR) is 66.8 cm³/mol. The summed E-state index contributed by atoms with van der Waals surface area (Å²) >= 11 is 0. The molecule has 1 rings (SSSR count). The van der Waals surface area contributed by atoms with Gasteiger partial charge in [-0.2, -0.15) is 0 Å². The Hall–Kier alpha value is -2.24. The van der Waals surface area contributed by atoms with Crippen LogP contribution in [0.15, 0.2) is 24.3 Å². The number of ketones is 1. The fourth-order valence-electron chi connectivity index (χ4n) is 1.51. The van der Waals surface area contributed by atoms with Crippen LogP contribution in [-0.4, -0.2) is 23.6 Å². The molecule has 102 valence electrons. The van der Waals surface area contributed by atoms with Gasteiger partial charge in [-0.05, 0) is 25.5 Å². The van der Waals surface area contributed by atoms with Crippen LogP contribution in [0.3, 0.4) is 0 Å². The van der Waals surface area contributed by atoms with E-state index in [1.807, 2.05) is 0 Å². The summed E-state index contributed by atoms with van der Waals surface area (Å²) in [5, 5.41) is 2.32. The molecule has 0 aliphatic heterocycles. The van der Waals surface area contributed by atoms with E-state index in [2.05, 4.69) is 5.32 Å². The van der Waals surface area contributed by atoms with Crippen LogP contribution >= 0.6 is 0 Å². The Kier molecular flexibility index (Phi) is 5.17. The number of nitrogens with two attached hydrogens (primary N) is 1. The van der Waals surface area contributed by atoms with E-state index in [0.717, 1.165) is 6.07 Å². The van der Waals surface area contributed by atoms with Crippen molar-refractivity contribution in [1.82, 2.24) is 5.32 Å². The number of hydrogen-bond donors (Lipinski definition) is 2. The maximum atomic E-state index is 13.4. The van der Waals surface area contributed by atoms with Crippen molar-refractivity contribution in [3.8, 4) is 0 Å². The molecule has 19 heavy (non-hydrogen) atoms. The van der Waals surface area contributed by atoms with Crippen LogP contribution in [-0.2, 0) is 9.59 Å². The minimum Gasteiger partial charge on any atom is -0.368 e. The topological polar surface area (TPSA) is 89.3 Å². The summed E-state index contributed by atoms with van der Waals surface area (Å²) in [7, 11) is 0. The molecule has 1 aromatic rings. The van der Waals surface area contributed by atoms with Crippen molar-refractivity contribution in [2.24, 2.45) is 5.73 Å². The van der Waals surface area contributed by atoms with Crippen molar-refractivity contribution in [3.63, 3.8) is 0 Å². The van der Waals surface area contributed by atoms with Gasteiger partial charge < -0.3 is 15.8 Å². The van der Waals surface area contributed by atoms with Crippen LogP contribution in [0.1, 0.15) is 30.1 Å². The average Bonchev–Trinajstić information content (AvgIpc) is 2.34. The Morgan fingerprint density at radius 2 is 1.95 bits per heavy atom. The number of rotatable bonds is 6. The third-order valence-electron chi connectivity index (χ3n) is 2.55. The van der Waals surface area contributed by atoms with Gasteiger partial charge in [0.05, 0.1) is 5.56 Å². The molecule has 0 bridgehead atoms. The smallest absolute Gasteiger partial charge is 0.254 e. The van der Waals surface area contributed by atoms with Crippen LogP contribution in [0.2, 0.25) is 0 Å². The summed E-state index contributed by atoms with van der Waals surface area (Å²) in [5.74, 6) is -2.29. The van der Waals surface area contributed by atoms with Crippen molar-refractivity contribution in [1.29, 1.82) is 0 Å². The van der Waals surface area contributed by atoms with E-state index in [-0.39, 0.29) is 24.2 Å². The normalized spacial score (nSPS) is 11.7. The standard InChI is InChI=1S/C13H15FN2O3/c1-8(17)6-7-11(12(15)18)16-13(19)9-4-2-3-5-10(9)14/h2-5,11H,6-7H2,1H3,(H2,15,18)(H,16,19)/t11-/m1/s1. The second-order valence-electron chi connectivity index (χ2n) is 4.15. The Balaban J connectivity index is 2.74. The molecular formula is C13H15FN2O3. The lowest BCUT2D eigenvalue weighted by molar-refractivity contribution is -0.120. The Morgan fingerprint density at radius 1 is 1.32 bits per heavy atom. The molecular weight excluding hydrogens is 251 g/mol. The van der Waals surface area contributed by atoms with Gasteiger partial charge in [0, 0.05) is 6.42 Å². The first-order valence-electron chi connectivity index (χ1n) is 5.76. The number of Topliss-reactive ketones (excluding diaryl/α,β-unsaturated/α-hetero) is 1. The zero-order chi connectivity index (χ0) is 14.4. The van der Waals surface area contributed by atoms with Gasteiger partial charge in [-0.25, -0.2) is 4.39 Å². The number of carbonyl (C=O) groups is 3. The number of primary amides is 1. The molecule has 0 saturated heterocycles. The first-order chi connectivity index (χ1) is 8.91. The second kappa shape index (κ2) is 6.63.